The standard InChI is InChI=1S/C17H13ClFN3O3S/c1-22-16(17(23)20-12-7-8-14(19)13(18)9-12)10-15(21-26(22,24)25)11-5-3-2-4-6-11/h2-10H,1H3,(H,20,23). The Balaban J connectivity index is 1.96. The van der Waals surface area contributed by atoms with Crippen LogP contribution in [0.3, 0.4) is 0 Å². The summed E-state index contributed by atoms with van der Waals surface area (Å²) in [5, 5.41) is 2.34. The Morgan fingerprint density at radius 3 is 2.54 bits per heavy atom. The van der Waals surface area contributed by atoms with Crippen molar-refractivity contribution in [3.8, 4) is 0 Å². The lowest BCUT2D eigenvalue weighted by Gasteiger charge is -2.23. The van der Waals surface area contributed by atoms with Gasteiger partial charge in [-0.1, -0.05) is 41.9 Å². The summed E-state index contributed by atoms with van der Waals surface area (Å²) in [7, 11) is -2.83. The number of rotatable bonds is 3. The number of hydrogen-bond donors (Lipinski definition) is 1. The van der Waals surface area contributed by atoms with E-state index in [0.29, 0.717) is 5.56 Å². The van der Waals surface area contributed by atoms with Gasteiger partial charge in [-0.3, -0.25) is 4.79 Å². The Labute approximate surface area is 154 Å². The largest absolute Gasteiger partial charge is 0.345 e. The van der Waals surface area contributed by atoms with E-state index in [-0.39, 0.29) is 22.1 Å². The molecule has 0 atom stereocenters. The average molecular weight is 394 g/mol. The van der Waals surface area contributed by atoms with E-state index in [2.05, 4.69) is 9.71 Å². The molecule has 0 aliphatic carbocycles. The van der Waals surface area contributed by atoms with Gasteiger partial charge in [0.2, 0.25) is 0 Å². The van der Waals surface area contributed by atoms with Crippen molar-refractivity contribution in [3.05, 3.63) is 76.7 Å². The second-order valence-electron chi connectivity index (χ2n) is 5.40. The highest BCUT2D eigenvalue weighted by atomic mass is 35.5. The van der Waals surface area contributed by atoms with Crippen molar-refractivity contribution < 1.29 is 17.6 Å². The third-order valence-electron chi connectivity index (χ3n) is 3.65. The number of anilines is 1. The fourth-order valence-corrected chi connectivity index (χ4v) is 3.37. The zero-order chi connectivity index (χ0) is 18.9. The van der Waals surface area contributed by atoms with Crippen LogP contribution < -0.4 is 5.32 Å². The van der Waals surface area contributed by atoms with E-state index in [4.69, 9.17) is 11.6 Å². The van der Waals surface area contributed by atoms with Gasteiger partial charge in [0, 0.05) is 18.3 Å². The van der Waals surface area contributed by atoms with Crippen LogP contribution in [0, 0.1) is 5.82 Å². The molecule has 2 aromatic carbocycles. The van der Waals surface area contributed by atoms with E-state index in [9.17, 15) is 17.6 Å². The number of halogens is 2. The van der Waals surface area contributed by atoms with Crippen LogP contribution in [0.1, 0.15) is 5.56 Å². The molecule has 0 saturated heterocycles. The van der Waals surface area contributed by atoms with Crippen LogP contribution >= 0.6 is 11.6 Å². The summed E-state index contributed by atoms with van der Waals surface area (Å²) in [5.74, 6) is -1.32. The minimum Gasteiger partial charge on any atom is -0.321 e. The van der Waals surface area contributed by atoms with Gasteiger partial charge >= 0.3 is 10.2 Å². The number of amides is 1. The van der Waals surface area contributed by atoms with Gasteiger partial charge in [-0.05, 0) is 24.3 Å². The fourth-order valence-electron chi connectivity index (χ4n) is 2.28. The van der Waals surface area contributed by atoms with Crippen molar-refractivity contribution >= 4 is 39.1 Å². The molecule has 1 N–H and O–H groups in total. The minimum atomic E-state index is -4.05. The molecular formula is C17H13ClFN3O3S. The SMILES string of the molecule is CN1C(C(=O)Nc2ccc(F)c(Cl)c2)=CC(c2ccccc2)=NS1(=O)=O. The van der Waals surface area contributed by atoms with Crippen LogP contribution in [0.15, 0.2) is 64.7 Å². The molecule has 1 aliphatic rings. The molecule has 1 heterocycles. The van der Waals surface area contributed by atoms with E-state index in [1.165, 1.54) is 25.3 Å². The van der Waals surface area contributed by atoms with E-state index >= 15 is 0 Å². The summed E-state index contributed by atoms with van der Waals surface area (Å²) < 4.78 is 42.3. The molecule has 0 fully saturated rings. The Morgan fingerprint density at radius 2 is 1.88 bits per heavy atom. The molecule has 1 aliphatic heterocycles. The van der Waals surface area contributed by atoms with Crippen LogP contribution in [-0.4, -0.2) is 31.4 Å². The van der Waals surface area contributed by atoms with Crippen molar-refractivity contribution in [1.29, 1.82) is 0 Å². The van der Waals surface area contributed by atoms with Crippen molar-refractivity contribution in [3.63, 3.8) is 0 Å². The predicted molar refractivity (Wildman–Crippen MR) is 97.8 cm³/mol. The molecule has 1 amide bonds. The van der Waals surface area contributed by atoms with Gasteiger partial charge in [0.05, 0.1) is 10.7 Å². The van der Waals surface area contributed by atoms with Gasteiger partial charge < -0.3 is 5.32 Å². The van der Waals surface area contributed by atoms with E-state index in [0.717, 1.165) is 10.4 Å². The number of nitrogens with one attached hydrogen (secondary N) is 1. The first-order valence-corrected chi connectivity index (χ1v) is 9.18. The van der Waals surface area contributed by atoms with Crippen molar-refractivity contribution in [2.24, 2.45) is 4.40 Å². The lowest BCUT2D eigenvalue weighted by Crippen LogP contribution is -2.35. The first-order chi connectivity index (χ1) is 12.3. The lowest BCUT2D eigenvalue weighted by atomic mass is 10.1. The van der Waals surface area contributed by atoms with E-state index in [1.54, 1.807) is 30.3 Å². The summed E-state index contributed by atoms with van der Waals surface area (Å²) in [5.41, 5.74) is 0.807. The number of hydrogen-bond acceptors (Lipinski definition) is 3. The number of allylic oxidation sites excluding steroid dienone is 1. The fraction of sp³-hybridized carbons (Fsp3) is 0.0588. The van der Waals surface area contributed by atoms with Crippen LogP contribution in [-0.2, 0) is 15.0 Å². The Hall–Kier alpha value is -2.71. The molecule has 0 unspecified atom stereocenters. The first-order valence-electron chi connectivity index (χ1n) is 7.40. The highest BCUT2D eigenvalue weighted by molar-refractivity contribution is 7.88. The number of likely N-dealkylation sites (N-methyl/N-ethyl adjacent to an activating group) is 1. The maximum atomic E-state index is 13.2. The predicted octanol–water partition coefficient (Wildman–Crippen LogP) is 2.98. The quantitative estimate of drug-likeness (QED) is 0.870. The highest BCUT2D eigenvalue weighted by Gasteiger charge is 2.30. The highest BCUT2D eigenvalue weighted by Crippen LogP contribution is 2.23. The smallest absolute Gasteiger partial charge is 0.321 e. The number of benzene rings is 2. The molecule has 0 spiro atoms. The van der Waals surface area contributed by atoms with Crippen LogP contribution in [0.25, 0.3) is 0 Å². The molecule has 6 nitrogen and oxygen atoms in total. The van der Waals surface area contributed by atoms with Gasteiger partial charge in [-0.2, -0.15) is 8.42 Å². The number of nitrogens with zero attached hydrogens (tertiary/aromatic N) is 2. The van der Waals surface area contributed by atoms with Gasteiger partial charge in [-0.25, -0.2) is 8.70 Å². The molecular weight excluding hydrogens is 381 g/mol. The minimum absolute atomic E-state index is 0.126. The summed E-state index contributed by atoms with van der Waals surface area (Å²) in [6.45, 7) is 0. The maximum Gasteiger partial charge on any atom is 0.345 e. The van der Waals surface area contributed by atoms with Crippen molar-refractivity contribution in [1.82, 2.24) is 4.31 Å². The monoisotopic (exact) mass is 393 g/mol. The normalized spacial score (nSPS) is 15.9. The Bertz CT molecular complexity index is 1040. The zero-order valence-electron chi connectivity index (χ0n) is 13.5. The number of carbonyl (C=O) groups excluding carboxylic acids is 1. The maximum absolute atomic E-state index is 13.2. The van der Waals surface area contributed by atoms with Crippen molar-refractivity contribution in [2.45, 2.75) is 0 Å². The Morgan fingerprint density at radius 1 is 1.19 bits per heavy atom. The molecule has 0 bridgehead atoms. The molecule has 26 heavy (non-hydrogen) atoms. The van der Waals surface area contributed by atoms with Gasteiger partial charge in [0.1, 0.15) is 11.5 Å². The second kappa shape index (κ2) is 6.89. The van der Waals surface area contributed by atoms with Gasteiger partial charge in [0.25, 0.3) is 5.91 Å². The third kappa shape index (κ3) is 3.61. The summed E-state index contributed by atoms with van der Waals surface area (Å²) >= 11 is 5.69. The molecule has 0 radical (unpaired) electrons. The number of carbonyl (C=O) groups is 1. The topological polar surface area (TPSA) is 78.8 Å². The van der Waals surface area contributed by atoms with Crippen LogP contribution in [0.2, 0.25) is 5.02 Å². The summed E-state index contributed by atoms with van der Waals surface area (Å²) in [6.07, 6.45) is 1.37. The van der Waals surface area contributed by atoms with Crippen LogP contribution in [0.4, 0.5) is 10.1 Å². The summed E-state index contributed by atoms with van der Waals surface area (Å²) in [6, 6.07) is 12.3. The van der Waals surface area contributed by atoms with Gasteiger partial charge in [-0.15, -0.1) is 4.40 Å². The molecule has 9 heteroatoms. The molecule has 2 aromatic rings. The zero-order valence-corrected chi connectivity index (χ0v) is 15.1. The van der Waals surface area contributed by atoms with Crippen LogP contribution in [0.5, 0.6) is 0 Å². The summed E-state index contributed by atoms with van der Waals surface area (Å²) in [4.78, 5) is 12.6. The van der Waals surface area contributed by atoms with Gasteiger partial charge in [0.15, 0.2) is 0 Å². The van der Waals surface area contributed by atoms with Crippen molar-refractivity contribution in [2.75, 3.05) is 12.4 Å². The first kappa shape index (κ1) is 18.1. The third-order valence-corrected chi connectivity index (χ3v) is 5.26. The van der Waals surface area contributed by atoms with E-state index in [1.807, 2.05) is 0 Å². The lowest BCUT2D eigenvalue weighted by molar-refractivity contribution is -0.113. The molecule has 0 aromatic heterocycles. The average Bonchev–Trinajstić information content (AvgIpc) is 2.61. The molecule has 0 saturated carbocycles. The molecule has 3 rings (SSSR count). The van der Waals surface area contributed by atoms with E-state index < -0.39 is 21.9 Å². The second-order valence-corrected chi connectivity index (χ2v) is 7.43. The Kier molecular flexibility index (Phi) is 4.80. The molecule has 134 valence electrons.